The van der Waals surface area contributed by atoms with Gasteiger partial charge in [-0.2, -0.15) is 0 Å². The Balaban J connectivity index is 2.48. The minimum absolute atomic E-state index is 0.0298. The molecule has 1 saturated carbocycles. The topological polar surface area (TPSA) is 57.6 Å². The molecule has 0 aliphatic heterocycles. The quantitative estimate of drug-likeness (QED) is 0.753. The second-order valence-corrected chi connectivity index (χ2v) is 4.36. The number of hydrogen-bond acceptors (Lipinski definition) is 2. The zero-order valence-corrected chi connectivity index (χ0v) is 9.45. The highest BCUT2D eigenvalue weighted by Crippen LogP contribution is 2.45. The van der Waals surface area contributed by atoms with Gasteiger partial charge in [0.25, 0.3) is 0 Å². The summed E-state index contributed by atoms with van der Waals surface area (Å²) in [5.74, 6) is -0.730. The van der Waals surface area contributed by atoms with Crippen molar-refractivity contribution in [3.8, 4) is 0 Å². The van der Waals surface area contributed by atoms with Crippen molar-refractivity contribution in [2.75, 3.05) is 13.6 Å². The van der Waals surface area contributed by atoms with Gasteiger partial charge in [-0.05, 0) is 19.3 Å². The molecule has 0 aromatic carbocycles. The Morgan fingerprint density at radius 3 is 2.33 bits per heavy atom. The van der Waals surface area contributed by atoms with Crippen LogP contribution in [-0.4, -0.2) is 35.5 Å². The van der Waals surface area contributed by atoms with E-state index in [9.17, 15) is 9.59 Å². The maximum atomic E-state index is 12.0. The molecule has 0 radical (unpaired) electrons. The van der Waals surface area contributed by atoms with Gasteiger partial charge in [0.1, 0.15) is 0 Å². The van der Waals surface area contributed by atoms with Gasteiger partial charge in [0.2, 0.25) is 5.91 Å². The Bertz CT molecular complexity index is 253. The number of carboxylic acid groups (broad SMARTS) is 1. The smallest absolute Gasteiger partial charge is 0.305 e. The zero-order chi connectivity index (χ0) is 11.5. The van der Waals surface area contributed by atoms with Gasteiger partial charge in [-0.3, -0.25) is 9.59 Å². The molecule has 1 aliphatic rings. The normalized spacial score (nSPS) is 18.0. The highest BCUT2D eigenvalue weighted by Gasteiger charge is 2.43. The number of rotatable bonds is 5. The molecule has 4 nitrogen and oxygen atoms in total. The molecule has 1 rings (SSSR count). The van der Waals surface area contributed by atoms with Crippen LogP contribution in [-0.2, 0) is 9.59 Å². The molecule has 0 spiro atoms. The van der Waals surface area contributed by atoms with Crippen LogP contribution < -0.4 is 0 Å². The van der Waals surface area contributed by atoms with Crippen LogP contribution in [0.5, 0.6) is 0 Å². The summed E-state index contributed by atoms with van der Waals surface area (Å²) in [6, 6.07) is 0. The molecule has 1 N–H and O–H groups in total. The lowest BCUT2D eigenvalue weighted by Crippen LogP contribution is -2.46. The second-order valence-electron chi connectivity index (χ2n) is 4.36. The number of carboxylic acids is 1. The number of carbonyl (C=O) groups is 2. The van der Waals surface area contributed by atoms with Gasteiger partial charge in [-0.25, -0.2) is 0 Å². The molecule has 1 amide bonds. The Morgan fingerprint density at radius 1 is 1.40 bits per heavy atom. The van der Waals surface area contributed by atoms with E-state index < -0.39 is 5.97 Å². The minimum atomic E-state index is -0.853. The number of amides is 1. The first-order valence-corrected chi connectivity index (χ1v) is 5.49. The van der Waals surface area contributed by atoms with Crippen LogP contribution in [0.3, 0.4) is 0 Å². The molecule has 15 heavy (non-hydrogen) atoms. The Hall–Kier alpha value is -1.06. The third-order valence-electron chi connectivity index (χ3n) is 3.45. The van der Waals surface area contributed by atoms with E-state index in [-0.39, 0.29) is 17.7 Å². The highest BCUT2D eigenvalue weighted by atomic mass is 16.4. The van der Waals surface area contributed by atoms with E-state index in [1.165, 1.54) is 0 Å². The minimum Gasteiger partial charge on any atom is -0.481 e. The summed E-state index contributed by atoms with van der Waals surface area (Å²) in [4.78, 5) is 24.0. The van der Waals surface area contributed by atoms with Gasteiger partial charge in [0, 0.05) is 19.0 Å². The first-order valence-electron chi connectivity index (χ1n) is 5.49. The van der Waals surface area contributed by atoms with E-state index in [4.69, 9.17) is 5.11 Å². The molecular formula is C11H19NO3. The van der Waals surface area contributed by atoms with Crippen LogP contribution in [0.1, 0.15) is 39.0 Å². The van der Waals surface area contributed by atoms with Gasteiger partial charge in [-0.15, -0.1) is 0 Å². The fourth-order valence-electron chi connectivity index (χ4n) is 2.09. The first kappa shape index (κ1) is 12.0. The Labute approximate surface area is 90.3 Å². The standard InChI is InChI=1S/C11H19NO3/c1-3-11(6-4-7-11)10(15)12(2)8-5-9(13)14/h3-8H2,1-2H3,(H,13,14). The summed E-state index contributed by atoms with van der Waals surface area (Å²) in [5.41, 5.74) is -0.173. The summed E-state index contributed by atoms with van der Waals surface area (Å²) in [5, 5.41) is 8.54. The predicted molar refractivity (Wildman–Crippen MR) is 56.5 cm³/mol. The van der Waals surface area contributed by atoms with Gasteiger partial charge in [-0.1, -0.05) is 13.3 Å². The highest BCUT2D eigenvalue weighted by molar-refractivity contribution is 5.83. The number of hydrogen-bond donors (Lipinski definition) is 1. The molecule has 0 saturated heterocycles. The summed E-state index contributed by atoms with van der Waals surface area (Å²) < 4.78 is 0. The van der Waals surface area contributed by atoms with Crippen molar-refractivity contribution < 1.29 is 14.7 Å². The second kappa shape index (κ2) is 4.64. The van der Waals surface area contributed by atoms with Crippen molar-refractivity contribution in [1.82, 2.24) is 4.90 Å². The maximum Gasteiger partial charge on any atom is 0.305 e. The Morgan fingerprint density at radius 2 is 2.00 bits per heavy atom. The van der Waals surface area contributed by atoms with Crippen molar-refractivity contribution >= 4 is 11.9 Å². The largest absolute Gasteiger partial charge is 0.481 e. The molecule has 0 heterocycles. The third kappa shape index (κ3) is 2.49. The zero-order valence-electron chi connectivity index (χ0n) is 9.45. The van der Waals surface area contributed by atoms with Gasteiger partial charge in [0.05, 0.1) is 6.42 Å². The van der Waals surface area contributed by atoms with E-state index in [0.717, 1.165) is 25.7 Å². The van der Waals surface area contributed by atoms with Crippen LogP contribution in [0.2, 0.25) is 0 Å². The Kier molecular flexibility index (Phi) is 3.72. The maximum absolute atomic E-state index is 12.0. The van der Waals surface area contributed by atoms with Crippen molar-refractivity contribution in [3.63, 3.8) is 0 Å². The van der Waals surface area contributed by atoms with Crippen molar-refractivity contribution in [1.29, 1.82) is 0 Å². The molecular weight excluding hydrogens is 194 g/mol. The monoisotopic (exact) mass is 213 g/mol. The molecule has 0 aromatic rings. The van der Waals surface area contributed by atoms with Crippen LogP contribution in [0.15, 0.2) is 0 Å². The van der Waals surface area contributed by atoms with Crippen molar-refractivity contribution in [2.45, 2.75) is 39.0 Å². The van der Waals surface area contributed by atoms with Crippen LogP contribution >= 0.6 is 0 Å². The van der Waals surface area contributed by atoms with Crippen molar-refractivity contribution in [2.24, 2.45) is 5.41 Å². The average Bonchev–Trinajstić information content (AvgIpc) is 2.13. The van der Waals surface area contributed by atoms with E-state index in [2.05, 4.69) is 0 Å². The summed E-state index contributed by atoms with van der Waals surface area (Å²) >= 11 is 0. The van der Waals surface area contributed by atoms with Gasteiger partial charge < -0.3 is 10.0 Å². The van der Waals surface area contributed by atoms with E-state index in [1.807, 2.05) is 6.92 Å². The molecule has 0 unspecified atom stereocenters. The fraction of sp³-hybridized carbons (Fsp3) is 0.818. The molecule has 1 aliphatic carbocycles. The lowest BCUT2D eigenvalue weighted by atomic mass is 9.66. The molecule has 86 valence electrons. The molecule has 4 heteroatoms. The number of aliphatic carboxylic acids is 1. The van der Waals surface area contributed by atoms with E-state index in [1.54, 1.807) is 11.9 Å². The molecule has 0 bridgehead atoms. The SMILES string of the molecule is CCC1(C(=O)N(C)CCC(=O)O)CCC1. The van der Waals surface area contributed by atoms with E-state index >= 15 is 0 Å². The summed E-state index contributed by atoms with van der Waals surface area (Å²) in [6.45, 7) is 2.35. The molecule has 0 aromatic heterocycles. The van der Waals surface area contributed by atoms with E-state index in [0.29, 0.717) is 6.54 Å². The average molecular weight is 213 g/mol. The van der Waals surface area contributed by atoms with Gasteiger partial charge in [0.15, 0.2) is 0 Å². The number of nitrogens with zero attached hydrogens (tertiary/aromatic N) is 1. The van der Waals surface area contributed by atoms with Crippen molar-refractivity contribution in [3.05, 3.63) is 0 Å². The number of carbonyl (C=O) groups excluding carboxylic acids is 1. The molecule has 0 atom stereocenters. The summed E-state index contributed by atoms with van der Waals surface area (Å²) in [7, 11) is 1.70. The van der Waals surface area contributed by atoms with Crippen LogP contribution in [0.25, 0.3) is 0 Å². The summed E-state index contributed by atoms with van der Waals surface area (Å²) in [6.07, 6.45) is 3.93. The van der Waals surface area contributed by atoms with Crippen LogP contribution in [0.4, 0.5) is 0 Å². The van der Waals surface area contributed by atoms with Crippen LogP contribution in [0, 0.1) is 5.41 Å². The lowest BCUT2D eigenvalue weighted by Gasteiger charge is -2.42. The fourth-order valence-corrected chi connectivity index (χ4v) is 2.09. The molecule has 1 fully saturated rings. The first-order chi connectivity index (χ1) is 7.02. The predicted octanol–water partition coefficient (Wildman–Crippen LogP) is 1.50. The lowest BCUT2D eigenvalue weighted by molar-refractivity contribution is -0.147. The third-order valence-corrected chi connectivity index (χ3v) is 3.45. The van der Waals surface area contributed by atoms with Gasteiger partial charge >= 0.3 is 5.97 Å².